The van der Waals surface area contributed by atoms with Gasteiger partial charge in [-0.2, -0.15) is 26.3 Å². The van der Waals surface area contributed by atoms with Gasteiger partial charge in [0, 0.05) is 4.88 Å². The zero-order valence-corrected chi connectivity index (χ0v) is 9.01. The van der Waals surface area contributed by atoms with Crippen molar-refractivity contribution in [2.45, 2.75) is 24.4 Å². The summed E-state index contributed by atoms with van der Waals surface area (Å²) < 4.78 is 74.5. The SMILES string of the molecule is [CH2]Cc1ccc(C(O)(C(F)(F)F)C(F)(F)F)s1. The summed E-state index contributed by atoms with van der Waals surface area (Å²) in [6.07, 6.45) is -11.6. The summed E-state index contributed by atoms with van der Waals surface area (Å²) in [6, 6.07) is 1.70. The van der Waals surface area contributed by atoms with Gasteiger partial charge in [0.15, 0.2) is 0 Å². The fraction of sp³-hybridized carbons (Fsp3) is 0.444. The molecule has 1 aromatic rings. The van der Waals surface area contributed by atoms with Crippen LogP contribution in [-0.4, -0.2) is 17.5 Å². The van der Waals surface area contributed by atoms with Crippen LogP contribution in [0.3, 0.4) is 0 Å². The number of thiophene rings is 1. The van der Waals surface area contributed by atoms with Gasteiger partial charge in [0.1, 0.15) is 0 Å². The van der Waals surface area contributed by atoms with Crippen molar-refractivity contribution in [3.05, 3.63) is 28.8 Å². The number of hydrogen-bond acceptors (Lipinski definition) is 2. The van der Waals surface area contributed by atoms with Crippen LogP contribution in [0.4, 0.5) is 26.3 Å². The third kappa shape index (κ3) is 2.28. The van der Waals surface area contributed by atoms with E-state index in [0.29, 0.717) is 6.07 Å². The van der Waals surface area contributed by atoms with E-state index in [1.54, 1.807) is 0 Å². The minimum absolute atomic E-state index is 0.0520. The van der Waals surface area contributed by atoms with Crippen molar-refractivity contribution < 1.29 is 31.4 Å². The second kappa shape index (κ2) is 4.16. The predicted octanol–water partition coefficient (Wildman–Crippen LogP) is 3.44. The molecular formula is C9H7F6OS. The summed E-state index contributed by atoms with van der Waals surface area (Å²) >= 11 is 0.241. The molecule has 1 aromatic heterocycles. The van der Waals surface area contributed by atoms with Crippen molar-refractivity contribution in [1.82, 2.24) is 0 Å². The number of alkyl halides is 6. The Morgan fingerprint density at radius 2 is 1.53 bits per heavy atom. The fourth-order valence-corrected chi connectivity index (χ4v) is 2.18. The third-order valence-corrected chi connectivity index (χ3v) is 3.34. The van der Waals surface area contributed by atoms with Crippen LogP contribution in [-0.2, 0) is 12.0 Å². The van der Waals surface area contributed by atoms with Gasteiger partial charge in [0.2, 0.25) is 0 Å². The Bertz CT molecular complexity index is 377. The topological polar surface area (TPSA) is 20.2 Å². The van der Waals surface area contributed by atoms with E-state index in [0.717, 1.165) is 6.07 Å². The molecule has 0 aliphatic rings. The summed E-state index contributed by atoms with van der Waals surface area (Å²) in [5, 5.41) is 9.00. The van der Waals surface area contributed by atoms with E-state index in [-0.39, 0.29) is 22.6 Å². The van der Waals surface area contributed by atoms with Gasteiger partial charge < -0.3 is 5.11 Å². The Morgan fingerprint density at radius 1 is 1.06 bits per heavy atom. The van der Waals surface area contributed by atoms with Crippen LogP contribution in [0.1, 0.15) is 9.75 Å². The fourth-order valence-electron chi connectivity index (χ4n) is 1.15. The number of hydrogen-bond donors (Lipinski definition) is 1. The third-order valence-electron chi connectivity index (χ3n) is 2.09. The zero-order valence-electron chi connectivity index (χ0n) is 8.19. The van der Waals surface area contributed by atoms with E-state index >= 15 is 0 Å². The molecule has 1 radical (unpaired) electrons. The molecule has 8 heteroatoms. The molecule has 17 heavy (non-hydrogen) atoms. The van der Waals surface area contributed by atoms with Gasteiger partial charge in [-0.3, -0.25) is 0 Å². The summed E-state index contributed by atoms with van der Waals surface area (Å²) in [6.45, 7) is 3.34. The molecule has 0 aliphatic carbocycles. The molecule has 0 aromatic carbocycles. The monoisotopic (exact) mass is 277 g/mol. The van der Waals surface area contributed by atoms with E-state index in [4.69, 9.17) is 5.11 Å². The van der Waals surface area contributed by atoms with Crippen molar-refractivity contribution in [1.29, 1.82) is 0 Å². The highest BCUT2D eigenvalue weighted by Crippen LogP contribution is 2.51. The molecule has 1 N–H and O–H groups in total. The van der Waals surface area contributed by atoms with Crippen molar-refractivity contribution >= 4 is 11.3 Å². The Balaban J connectivity index is 3.35. The molecule has 0 amide bonds. The Kier molecular flexibility index (Phi) is 3.50. The molecule has 0 spiro atoms. The highest BCUT2D eigenvalue weighted by atomic mass is 32.1. The lowest BCUT2D eigenvalue weighted by Gasteiger charge is -2.31. The normalized spacial score (nSPS) is 14.1. The molecule has 1 nitrogen and oxygen atoms in total. The van der Waals surface area contributed by atoms with Crippen molar-refractivity contribution in [3.63, 3.8) is 0 Å². The first-order valence-electron chi connectivity index (χ1n) is 4.28. The molecule has 0 atom stereocenters. The van der Waals surface area contributed by atoms with Gasteiger partial charge in [-0.05, 0) is 25.5 Å². The lowest BCUT2D eigenvalue weighted by Crippen LogP contribution is -2.53. The quantitative estimate of drug-likeness (QED) is 0.821. The lowest BCUT2D eigenvalue weighted by atomic mass is 10.0. The van der Waals surface area contributed by atoms with Gasteiger partial charge in [0.25, 0.3) is 5.60 Å². The van der Waals surface area contributed by atoms with E-state index in [2.05, 4.69) is 6.92 Å². The summed E-state index contributed by atoms with van der Waals surface area (Å²) in [4.78, 5) is -0.969. The van der Waals surface area contributed by atoms with E-state index in [9.17, 15) is 26.3 Å². The van der Waals surface area contributed by atoms with Crippen LogP contribution in [0.25, 0.3) is 0 Å². The van der Waals surface area contributed by atoms with Gasteiger partial charge in [-0.1, -0.05) is 0 Å². The highest BCUT2D eigenvalue weighted by molar-refractivity contribution is 7.12. The first-order chi connectivity index (χ1) is 7.54. The standard InChI is InChI=1S/C9H7F6OS/c1-2-5-3-4-6(17-5)7(16,8(10,11)12)9(13,14)15/h3-4,16H,1-2H2. The van der Waals surface area contributed by atoms with Crippen molar-refractivity contribution in [2.24, 2.45) is 0 Å². The number of aliphatic hydroxyl groups is 1. The molecule has 0 fully saturated rings. The molecular weight excluding hydrogens is 270 g/mol. The lowest BCUT2D eigenvalue weighted by molar-refractivity contribution is -0.374. The van der Waals surface area contributed by atoms with Crippen LogP contribution in [0.15, 0.2) is 12.1 Å². The predicted molar refractivity (Wildman–Crippen MR) is 49.4 cm³/mol. The van der Waals surface area contributed by atoms with Crippen LogP contribution >= 0.6 is 11.3 Å². The molecule has 0 unspecified atom stereocenters. The Morgan fingerprint density at radius 3 is 1.82 bits per heavy atom. The average Bonchev–Trinajstić information content (AvgIpc) is 2.61. The molecule has 97 valence electrons. The Hall–Kier alpha value is -0.760. The second-order valence-electron chi connectivity index (χ2n) is 3.22. The Labute approximate surface area is 96.7 Å². The summed E-state index contributed by atoms with van der Waals surface area (Å²) in [5.41, 5.74) is -4.82. The molecule has 1 rings (SSSR count). The second-order valence-corrected chi connectivity index (χ2v) is 4.39. The molecule has 1 heterocycles. The van der Waals surface area contributed by atoms with E-state index in [1.165, 1.54) is 0 Å². The largest absolute Gasteiger partial charge is 0.431 e. The summed E-state index contributed by atoms with van der Waals surface area (Å²) in [7, 11) is 0. The maximum atomic E-state index is 12.4. The van der Waals surface area contributed by atoms with Crippen LogP contribution in [0.2, 0.25) is 0 Å². The van der Waals surface area contributed by atoms with Crippen LogP contribution < -0.4 is 0 Å². The average molecular weight is 277 g/mol. The smallest absolute Gasteiger partial charge is 0.369 e. The number of halogens is 6. The van der Waals surface area contributed by atoms with Gasteiger partial charge in [-0.15, -0.1) is 11.3 Å². The minimum atomic E-state index is -5.82. The first kappa shape index (κ1) is 14.3. The van der Waals surface area contributed by atoms with E-state index in [1.807, 2.05) is 0 Å². The van der Waals surface area contributed by atoms with Crippen molar-refractivity contribution in [2.75, 3.05) is 0 Å². The van der Waals surface area contributed by atoms with Gasteiger partial charge in [-0.25, -0.2) is 0 Å². The maximum Gasteiger partial charge on any atom is 0.431 e. The maximum absolute atomic E-state index is 12.4. The van der Waals surface area contributed by atoms with Crippen molar-refractivity contribution in [3.8, 4) is 0 Å². The van der Waals surface area contributed by atoms with Crippen LogP contribution in [0, 0.1) is 6.92 Å². The van der Waals surface area contributed by atoms with Crippen LogP contribution in [0.5, 0.6) is 0 Å². The van der Waals surface area contributed by atoms with E-state index < -0.39 is 22.8 Å². The van der Waals surface area contributed by atoms with Gasteiger partial charge >= 0.3 is 12.4 Å². The molecule has 0 saturated carbocycles. The molecule has 0 aliphatic heterocycles. The molecule has 0 saturated heterocycles. The molecule has 0 bridgehead atoms. The van der Waals surface area contributed by atoms with Gasteiger partial charge in [0.05, 0.1) is 4.88 Å². The minimum Gasteiger partial charge on any atom is -0.369 e. The number of rotatable bonds is 2. The summed E-state index contributed by atoms with van der Waals surface area (Å²) in [5.74, 6) is 0. The first-order valence-corrected chi connectivity index (χ1v) is 5.10. The highest BCUT2D eigenvalue weighted by Gasteiger charge is 2.72. The zero-order chi connectivity index (χ0) is 13.5.